The van der Waals surface area contributed by atoms with Gasteiger partial charge in [0.15, 0.2) is 0 Å². The summed E-state index contributed by atoms with van der Waals surface area (Å²) in [6.07, 6.45) is 7.14. The average Bonchev–Trinajstić information content (AvgIpc) is 2.15. The zero-order valence-electron chi connectivity index (χ0n) is 8.96. The van der Waals surface area contributed by atoms with Crippen molar-refractivity contribution in [3.8, 4) is 0 Å². The Bertz CT molecular complexity index is 273. The highest BCUT2D eigenvalue weighted by molar-refractivity contribution is 5.51. The maximum atomic E-state index is 5.63. The second-order valence-electron chi connectivity index (χ2n) is 3.69. The van der Waals surface area contributed by atoms with Gasteiger partial charge in [-0.1, -0.05) is 19.8 Å². The van der Waals surface area contributed by atoms with Crippen LogP contribution in [0.5, 0.6) is 0 Å². The summed E-state index contributed by atoms with van der Waals surface area (Å²) in [7, 11) is 0. The molecule has 0 aliphatic carbocycles. The van der Waals surface area contributed by atoms with Gasteiger partial charge in [-0.3, -0.25) is 4.98 Å². The van der Waals surface area contributed by atoms with Crippen LogP contribution in [0.25, 0.3) is 0 Å². The molecule has 3 nitrogen and oxygen atoms in total. The van der Waals surface area contributed by atoms with Crippen LogP contribution >= 0.6 is 0 Å². The number of nitrogens with two attached hydrogens (primary N) is 1. The molecule has 0 aliphatic heterocycles. The third kappa shape index (κ3) is 3.64. The van der Waals surface area contributed by atoms with Crippen molar-refractivity contribution >= 4 is 11.4 Å². The second kappa shape index (κ2) is 5.47. The lowest BCUT2D eigenvalue weighted by molar-refractivity contribution is 0.645. The third-order valence-electron chi connectivity index (χ3n) is 2.16. The zero-order chi connectivity index (χ0) is 10.4. The number of pyridine rings is 1. The molecule has 0 aromatic carbocycles. The van der Waals surface area contributed by atoms with E-state index in [1.807, 2.05) is 6.07 Å². The molecular formula is C11H19N3. The van der Waals surface area contributed by atoms with E-state index in [2.05, 4.69) is 24.1 Å². The normalized spacial score (nSPS) is 12.4. The molecule has 1 aromatic rings. The predicted octanol–water partition coefficient (Wildman–Crippen LogP) is 2.65. The molecule has 1 rings (SSSR count). The summed E-state index contributed by atoms with van der Waals surface area (Å²) in [5.74, 6) is 0. The van der Waals surface area contributed by atoms with E-state index in [4.69, 9.17) is 5.73 Å². The lowest BCUT2D eigenvalue weighted by Gasteiger charge is -2.14. The lowest BCUT2D eigenvalue weighted by Crippen LogP contribution is -2.14. The van der Waals surface area contributed by atoms with Gasteiger partial charge in [-0.25, -0.2) is 0 Å². The number of hydrogen-bond donors (Lipinski definition) is 2. The van der Waals surface area contributed by atoms with Crippen LogP contribution in [0.2, 0.25) is 0 Å². The van der Waals surface area contributed by atoms with E-state index in [0.717, 1.165) is 5.69 Å². The molecule has 3 N–H and O–H groups in total. The molecular weight excluding hydrogens is 174 g/mol. The van der Waals surface area contributed by atoms with Crippen molar-refractivity contribution in [2.24, 2.45) is 0 Å². The summed E-state index contributed by atoms with van der Waals surface area (Å²) in [6.45, 7) is 4.38. The molecule has 1 unspecified atom stereocenters. The molecule has 14 heavy (non-hydrogen) atoms. The first-order chi connectivity index (χ1) is 6.72. The molecule has 0 amide bonds. The summed E-state index contributed by atoms with van der Waals surface area (Å²) in [4.78, 5) is 4.03. The summed E-state index contributed by atoms with van der Waals surface area (Å²) >= 11 is 0. The van der Waals surface area contributed by atoms with Crippen LogP contribution in [0.15, 0.2) is 18.5 Å². The van der Waals surface area contributed by atoms with E-state index in [0.29, 0.717) is 11.7 Å². The van der Waals surface area contributed by atoms with Gasteiger partial charge in [-0.2, -0.15) is 0 Å². The average molecular weight is 193 g/mol. The van der Waals surface area contributed by atoms with E-state index < -0.39 is 0 Å². The van der Waals surface area contributed by atoms with Crippen molar-refractivity contribution in [1.82, 2.24) is 4.98 Å². The van der Waals surface area contributed by atoms with Crippen LogP contribution in [0, 0.1) is 0 Å². The fourth-order valence-corrected chi connectivity index (χ4v) is 1.40. The molecule has 1 heterocycles. The van der Waals surface area contributed by atoms with Gasteiger partial charge in [0.25, 0.3) is 0 Å². The number of unbranched alkanes of at least 4 members (excludes halogenated alkanes) is 1. The summed E-state index contributed by atoms with van der Waals surface area (Å²) < 4.78 is 0. The number of nitrogen functional groups attached to an aromatic ring is 1. The van der Waals surface area contributed by atoms with Gasteiger partial charge >= 0.3 is 0 Å². The predicted molar refractivity (Wildman–Crippen MR) is 61.3 cm³/mol. The summed E-state index contributed by atoms with van der Waals surface area (Å²) in [6, 6.07) is 2.40. The standard InChI is InChI=1S/C11H19N3/c1-3-4-5-9(2)14-11-6-10(12)7-13-8-11/h6-9,14H,3-5,12H2,1-2H3. The van der Waals surface area contributed by atoms with Crippen molar-refractivity contribution in [3.63, 3.8) is 0 Å². The number of rotatable bonds is 5. The van der Waals surface area contributed by atoms with Gasteiger partial charge in [0.05, 0.1) is 17.6 Å². The Morgan fingerprint density at radius 2 is 2.29 bits per heavy atom. The van der Waals surface area contributed by atoms with Crippen molar-refractivity contribution in [2.75, 3.05) is 11.1 Å². The van der Waals surface area contributed by atoms with Crippen molar-refractivity contribution in [1.29, 1.82) is 0 Å². The van der Waals surface area contributed by atoms with Crippen molar-refractivity contribution in [2.45, 2.75) is 39.2 Å². The van der Waals surface area contributed by atoms with Gasteiger partial charge in [-0.15, -0.1) is 0 Å². The Morgan fingerprint density at radius 1 is 1.50 bits per heavy atom. The molecule has 0 fully saturated rings. The molecule has 0 bridgehead atoms. The van der Waals surface area contributed by atoms with Gasteiger partial charge < -0.3 is 11.1 Å². The number of nitrogens with one attached hydrogen (secondary N) is 1. The summed E-state index contributed by atoms with van der Waals surface area (Å²) in [5.41, 5.74) is 7.35. The highest BCUT2D eigenvalue weighted by Crippen LogP contribution is 2.12. The third-order valence-corrected chi connectivity index (χ3v) is 2.16. The van der Waals surface area contributed by atoms with Crippen LogP contribution in [0.4, 0.5) is 11.4 Å². The van der Waals surface area contributed by atoms with Crippen LogP contribution in [0.1, 0.15) is 33.1 Å². The van der Waals surface area contributed by atoms with Crippen LogP contribution < -0.4 is 11.1 Å². The first-order valence-electron chi connectivity index (χ1n) is 5.19. The van der Waals surface area contributed by atoms with E-state index in [-0.39, 0.29) is 0 Å². The molecule has 0 spiro atoms. The smallest absolute Gasteiger partial charge is 0.0549 e. The Kier molecular flexibility index (Phi) is 4.23. The monoisotopic (exact) mass is 193 g/mol. The molecule has 1 aromatic heterocycles. The Hall–Kier alpha value is -1.25. The summed E-state index contributed by atoms with van der Waals surface area (Å²) in [5, 5.41) is 3.38. The zero-order valence-corrected chi connectivity index (χ0v) is 8.96. The van der Waals surface area contributed by atoms with Gasteiger partial charge in [0.2, 0.25) is 0 Å². The fourth-order valence-electron chi connectivity index (χ4n) is 1.40. The largest absolute Gasteiger partial charge is 0.397 e. The molecule has 78 valence electrons. The van der Waals surface area contributed by atoms with Gasteiger partial charge in [0.1, 0.15) is 0 Å². The van der Waals surface area contributed by atoms with Crippen molar-refractivity contribution in [3.05, 3.63) is 18.5 Å². The van der Waals surface area contributed by atoms with Crippen LogP contribution in [0.3, 0.4) is 0 Å². The van der Waals surface area contributed by atoms with Crippen molar-refractivity contribution < 1.29 is 0 Å². The maximum Gasteiger partial charge on any atom is 0.0549 e. The Morgan fingerprint density at radius 3 is 2.93 bits per heavy atom. The molecule has 0 saturated heterocycles. The lowest BCUT2D eigenvalue weighted by atomic mass is 10.1. The van der Waals surface area contributed by atoms with Crippen LogP contribution in [-0.2, 0) is 0 Å². The number of hydrogen-bond acceptors (Lipinski definition) is 3. The molecule has 1 atom stereocenters. The number of anilines is 2. The SMILES string of the molecule is CCCCC(C)Nc1cncc(N)c1. The van der Waals surface area contributed by atoms with Crippen LogP contribution in [-0.4, -0.2) is 11.0 Å². The Balaban J connectivity index is 2.43. The highest BCUT2D eigenvalue weighted by Gasteiger charge is 2.01. The minimum absolute atomic E-state index is 0.485. The number of aromatic nitrogens is 1. The minimum Gasteiger partial charge on any atom is -0.397 e. The second-order valence-corrected chi connectivity index (χ2v) is 3.69. The molecule has 0 radical (unpaired) electrons. The van der Waals surface area contributed by atoms with Gasteiger partial charge in [-0.05, 0) is 19.4 Å². The topological polar surface area (TPSA) is 50.9 Å². The highest BCUT2D eigenvalue weighted by atomic mass is 14.9. The maximum absolute atomic E-state index is 5.63. The first-order valence-corrected chi connectivity index (χ1v) is 5.19. The molecule has 0 saturated carbocycles. The van der Waals surface area contributed by atoms with E-state index in [9.17, 15) is 0 Å². The molecule has 0 aliphatic rings. The van der Waals surface area contributed by atoms with Gasteiger partial charge in [0, 0.05) is 12.2 Å². The fraction of sp³-hybridized carbons (Fsp3) is 0.545. The first kappa shape index (κ1) is 10.8. The van der Waals surface area contributed by atoms with E-state index in [1.54, 1.807) is 12.4 Å². The minimum atomic E-state index is 0.485. The number of nitrogens with zero attached hydrogens (tertiary/aromatic N) is 1. The quantitative estimate of drug-likeness (QED) is 0.755. The molecule has 3 heteroatoms. The van der Waals surface area contributed by atoms with E-state index in [1.165, 1.54) is 19.3 Å². The van der Waals surface area contributed by atoms with E-state index >= 15 is 0 Å². The Labute approximate surface area is 85.7 Å².